The van der Waals surface area contributed by atoms with Gasteiger partial charge in [0.05, 0.1) is 7.11 Å². The van der Waals surface area contributed by atoms with E-state index in [2.05, 4.69) is 84.9 Å². The number of methoxy groups -OCH3 is 1. The van der Waals surface area contributed by atoms with E-state index in [4.69, 9.17) is 9.73 Å². The van der Waals surface area contributed by atoms with Gasteiger partial charge >= 0.3 is 0 Å². The minimum Gasteiger partial charge on any atom is -0.497 e. The molecule has 0 heterocycles. The zero-order valence-corrected chi connectivity index (χ0v) is 17.1. The molecule has 0 aliphatic carbocycles. The quantitative estimate of drug-likeness (QED) is 0.268. The van der Waals surface area contributed by atoms with Gasteiger partial charge in [0.25, 0.3) is 0 Å². The van der Waals surface area contributed by atoms with Gasteiger partial charge in [0, 0.05) is 12.6 Å². The Balaban J connectivity index is 1.82. The van der Waals surface area contributed by atoms with Crippen molar-refractivity contribution in [1.82, 2.24) is 0 Å². The maximum Gasteiger partial charge on any atom is 0.135 e. The lowest BCUT2D eigenvalue weighted by atomic mass is 9.77. The number of rotatable bonds is 7. The molecule has 0 saturated heterocycles. The van der Waals surface area contributed by atoms with Gasteiger partial charge in [-0.05, 0) is 34.4 Å². The topological polar surface area (TPSA) is 21.6 Å². The lowest BCUT2D eigenvalue weighted by Crippen LogP contribution is -2.27. The molecule has 0 aliphatic heterocycles. The molecule has 0 unspecified atom stereocenters. The van der Waals surface area contributed by atoms with Crippen molar-refractivity contribution in [1.29, 1.82) is 0 Å². The van der Waals surface area contributed by atoms with Crippen LogP contribution in [0, 0.1) is 0 Å². The Hall–Kier alpha value is -3.65. The molecular weight excluding hydrogens is 366 g/mol. The van der Waals surface area contributed by atoms with Gasteiger partial charge in [-0.25, -0.2) is 0 Å². The molecule has 0 N–H and O–H groups in total. The maximum atomic E-state index is 5.27. The molecule has 0 amide bonds. The average Bonchev–Trinajstić information content (AvgIpc) is 2.84. The molecule has 0 atom stereocenters. The normalized spacial score (nSPS) is 11.5. The maximum absolute atomic E-state index is 5.27. The largest absolute Gasteiger partial charge is 0.497 e. The monoisotopic (exact) mass is 391 g/mol. The van der Waals surface area contributed by atoms with Crippen molar-refractivity contribution in [2.45, 2.75) is 12.0 Å². The SMILES string of the molecule is COc1ccc(CC=NC(c2ccccc2)(c2ccccc2)c2ccccc2)cc1. The van der Waals surface area contributed by atoms with Gasteiger partial charge in [0.1, 0.15) is 11.3 Å². The first-order valence-corrected chi connectivity index (χ1v) is 10.2. The molecule has 0 aliphatic rings. The zero-order chi connectivity index (χ0) is 20.7. The summed E-state index contributed by atoms with van der Waals surface area (Å²) < 4.78 is 5.27. The summed E-state index contributed by atoms with van der Waals surface area (Å²) in [5.41, 5.74) is 4.04. The smallest absolute Gasteiger partial charge is 0.135 e. The first-order valence-electron chi connectivity index (χ1n) is 10.2. The molecule has 2 nitrogen and oxygen atoms in total. The molecule has 30 heavy (non-hydrogen) atoms. The molecule has 0 radical (unpaired) electrons. The van der Waals surface area contributed by atoms with E-state index in [1.54, 1.807) is 7.11 Å². The Morgan fingerprint density at radius 3 is 1.47 bits per heavy atom. The van der Waals surface area contributed by atoms with Crippen LogP contribution in [0.3, 0.4) is 0 Å². The summed E-state index contributed by atoms with van der Waals surface area (Å²) >= 11 is 0. The van der Waals surface area contributed by atoms with E-state index < -0.39 is 5.54 Å². The van der Waals surface area contributed by atoms with Crippen LogP contribution in [-0.2, 0) is 12.0 Å². The van der Waals surface area contributed by atoms with Gasteiger partial charge in [0.15, 0.2) is 0 Å². The molecule has 148 valence electrons. The summed E-state index contributed by atoms with van der Waals surface area (Å²) in [4.78, 5) is 5.25. The van der Waals surface area contributed by atoms with E-state index in [0.717, 1.165) is 28.9 Å². The van der Waals surface area contributed by atoms with Crippen LogP contribution in [0.4, 0.5) is 0 Å². The molecule has 4 aromatic rings. The molecule has 4 aromatic carbocycles. The number of nitrogens with zero attached hydrogens (tertiary/aromatic N) is 1. The standard InChI is InChI=1S/C28H25NO/c1-30-27-19-17-23(18-20-27)21-22-29-28(24-11-5-2-6-12-24,25-13-7-3-8-14-25)26-15-9-4-10-16-26/h2-20,22H,21H2,1H3. The Labute approximate surface area is 178 Å². The van der Waals surface area contributed by atoms with Crippen molar-refractivity contribution in [3.8, 4) is 5.75 Å². The minimum absolute atomic E-state index is 0.601. The number of aliphatic imine (C=N–C) groups is 1. The lowest BCUT2D eigenvalue weighted by molar-refractivity contribution is 0.414. The molecule has 4 rings (SSSR count). The van der Waals surface area contributed by atoms with Crippen LogP contribution in [0.25, 0.3) is 0 Å². The van der Waals surface area contributed by atoms with Gasteiger partial charge in [-0.1, -0.05) is 103 Å². The Bertz CT molecular complexity index is 975. The van der Waals surface area contributed by atoms with Gasteiger partial charge in [0.2, 0.25) is 0 Å². The predicted octanol–water partition coefficient (Wildman–Crippen LogP) is 6.30. The van der Waals surface area contributed by atoms with E-state index in [9.17, 15) is 0 Å². The lowest BCUT2D eigenvalue weighted by Gasteiger charge is -2.32. The second-order valence-electron chi connectivity index (χ2n) is 7.17. The fourth-order valence-corrected chi connectivity index (χ4v) is 3.81. The second kappa shape index (κ2) is 9.23. The van der Waals surface area contributed by atoms with Crippen LogP contribution in [0.2, 0.25) is 0 Å². The van der Waals surface area contributed by atoms with E-state index in [1.165, 1.54) is 5.56 Å². The molecule has 0 aromatic heterocycles. The van der Waals surface area contributed by atoms with Gasteiger partial charge in [-0.3, -0.25) is 4.99 Å². The summed E-state index contributed by atoms with van der Waals surface area (Å²) in [5, 5.41) is 0. The van der Waals surface area contributed by atoms with Crippen LogP contribution in [0.15, 0.2) is 120 Å². The number of benzene rings is 4. The predicted molar refractivity (Wildman–Crippen MR) is 124 cm³/mol. The highest BCUT2D eigenvalue weighted by molar-refractivity contribution is 5.65. The highest BCUT2D eigenvalue weighted by Gasteiger charge is 2.35. The zero-order valence-electron chi connectivity index (χ0n) is 17.1. The number of hydrogen-bond donors (Lipinski definition) is 0. The fraction of sp³-hybridized carbons (Fsp3) is 0.107. The minimum atomic E-state index is -0.601. The summed E-state index contributed by atoms with van der Waals surface area (Å²) in [6, 6.07) is 39.7. The molecule has 0 saturated carbocycles. The van der Waals surface area contributed by atoms with Crippen LogP contribution >= 0.6 is 0 Å². The van der Waals surface area contributed by atoms with E-state index in [1.807, 2.05) is 36.5 Å². The third kappa shape index (κ3) is 4.04. The van der Waals surface area contributed by atoms with Gasteiger partial charge in [-0.2, -0.15) is 0 Å². The van der Waals surface area contributed by atoms with Gasteiger partial charge < -0.3 is 4.74 Å². The summed E-state index contributed by atoms with van der Waals surface area (Å²) in [5.74, 6) is 0.864. The van der Waals surface area contributed by atoms with Crippen molar-refractivity contribution >= 4 is 6.21 Å². The van der Waals surface area contributed by atoms with Crippen LogP contribution in [0.5, 0.6) is 5.75 Å². The molecule has 0 bridgehead atoms. The van der Waals surface area contributed by atoms with E-state index in [-0.39, 0.29) is 0 Å². The average molecular weight is 392 g/mol. The highest BCUT2D eigenvalue weighted by Crippen LogP contribution is 2.40. The van der Waals surface area contributed by atoms with Crippen LogP contribution < -0.4 is 4.74 Å². The summed E-state index contributed by atoms with van der Waals surface area (Å²) in [6.45, 7) is 0. The van der Waals surface area contributed by atoms with Crippen molar-refractivity contribution in [3.63, 3.8) is 0 Å². The van der Waals surface area contributed by atoms with Crippen LogP contribution in [0.1, 0.15) is 22.3 Å². The molecule has 0 spiro atoms. The molecular formula is C28H25NO. The van der Waals surface area contributed by atoms with Crippen molar-refractivity contribution < 1.29 is 4.74 Å². The second-order valence-corrected chi connectivity index (χ2v) is 7.17. The first-order chi connectivity index (χ1) is 14.8. The van der Waals surface area contributed by atoms with Gasteiger partial charge in [-0.15, -0.1) is 0 Å². The van der Waals surface area contributed by atoms with Crippen LogP contribution in [-0.4, -0.2) is 13.3 Å². The van der Waals surface area contributed by atoms with Crippen molar-refractivity contribution in [3.05, 3.63) is 138 Å². The number of ether oxygens (including phenoxy) is 1. The summed E-state index contributed by atoms with van der Waals surface area (Å²) in [7, 11) is 1.68. The highest BCUT2D eigenvalue weighted by atomic mass is 16.5. The number of hydrogen-bond acceptors (Lipinski definition) is 2. The molecule has 0 fully saturated rings. The Morgan fingerprint density at radius 1 is 0.633 bits per heavy atom. The Kier molecular flexibility index (Phi) is 6.05. The third-order valence-corrected chi connectivity index (χ3v) is 5.35. The van der Waals surface area contributed by atoms with E-state index in [0.29, 0.717) is 0 Å². The van der Waals surface area contributed by atoms with Crippen molar-refractivity contribution in [2.24, 2.45) is 4.99 Å². The third-order valence-electron chi connectivity index (χ3n) is 5.35. The summed E-state index contributed by atoms with van der Waals surface area (Å²) in [6.07, 6.45) is 2.78. The Morgan fingerprint density at radius 2 is 1.07 bits per heavy atom. The van der Waals surface area contributed by atoms with Crippen molar-refractivity contribution in [2.75, 3.05) is 7.11 Å². The molecule has 2 heteroatoms. The first kappa shape index (κ1) is 19.7. The van der Waals surface area contributed by atoms with E-state index >= 15 is 0 Å². The fourth-order valence-electron chi connectivity index (χ4n) is 3.81.